The number of hydrogen-bond acceptors (Lipinski definition) is 1. The third-order valence-corrected chi connectivity index (χ3v) is 3.20. The molecule has 1 amide bonds. The van der Waals surface area contributed by atoms with Crippen molar-refractivity contribution < 1.29 is 4.79 Å². The molecule has 0 spiro atoms. The van der Waals surface area contributed by atoms with E-state index in [0.717, 1.165) is 11.3 Å². The Morgan fingerprint density at radius 1 is 1.00 bits per heavy atom. The molecule has 0 saturated heterocycles. The van der Waals surface area contributed by atoms with Gasteiger partial charge in [0.15, 0.2) is 0 Å². The fraction of sp³-hybridized carbons (Fsp3) is 0.316. The van der Waals surface area contributed by atoms with Gasteiger partial charge in [0.05, 0.1) is 0 Å². The molecule has 2 rings (SSSR count). The molecule has 21 heavy (non-hydrogen) atoms. The van der Waals surface area contributed by atoms with Crippen LogP contribution in [0.5, 0.6) is 0 Å². The molecule has 0 heterocycles. The summed E-state index contributed by atoms with van der Waals surface area (Å²) in [6.45, 7) is 10.3. The van der Waals surface area contributed by atoms with Gasteiger partial charge in [0, 0.05) is 11.3 Å². The number of benzene rings is 2. The van der Waals surface area contributed by atoms with Gasteiger partial charge < -0.3 is 5.32 Å². The smallest absolute Gasteiger partial charge is 0.255 e. The molecule has 0 atom stereocenters. The molecule has 0 saturated carbocycles. The molecule has 0 radical (unpaired) electrons. The van der Waals surface area contributed by atoms with Gasteiger partial charge in [0.2, 0.25) is 0 Å². The molecule has 0 bridgehead atoms. The van der Waals surface area contributed by atoms with Crippen LogP contribution in [0.25, 0.3) is 0 Å². The molecule has 1 N–H and O–H groups in total. The van der Waals surface area contributed by atoms with E-state index in [2.05, 4.69) is 31.3 Å². The van der Waals surface area contributed by atoms with Crippen molar-refractivity contribution in [2.45, 2.75) is 40.5 Å². The minimum absolute atomic E-state index is 0.0685. The van der Waals surface area contributed by atoms with Gasteiger partial charge in [-0.15, -0.1) is 0 Å². The number of aryl methyl sites for hydroxylation is 1. The summed E-state index contributed by atoms with van der Waals surface area (Å²) in [5.41, 5.74) is 3.93. The van der Waals surface area contributed by atoms with Crippen molar-refractivity contribution in [3.8, 4) is 0 Å². The zero-order valence-corrected chi connectivity index (χ0v) is 13.6. The molecule has 2 aromatic rings. The van der Waals surface area contributed by atoms with Gasteiger partial charge in [-0.25, -0.2) is 0 Å². The van der Waals surface area contributed by atoms with E-state index in [-0.39, 0.29) is 5.91 Å². The van der Waals surface area contributed by atoms with E-state index in [0.29, 0.717) is 11.5 Å². The molecular weight excluding hydrogens is 258 g/mol. The van der Waals surface area contributed by atoms with Crippen LogP contribution >= 0.6 is 0 Å². The van der Waals surface area contributed by atoms with E-state index in [1.165, 1.54) is 5.56 Å². The largest absolute Gasteiger partial charge is 0.322 e. The molecule has 0 fully saturated rings. The van der Waals surface area contributed by atoms with Crippen molar-refractivity contribution in [1.29, 1.82) is 0 Å². The summed E-state index contributed by atoms with van der Waals surface area (Å²) in [6, 6.07) is 15.4. The first-order valence-corrected chi connectivity index (χ1v) is 7.55. The molecule has 0 aliphatic heterocycles. The first kappa shape index (κ1) is 17.0. The number of carbonyl (C=O) groups is 1. The zero-order chi connectivity index (χ0) is 15.8. The molecule has 0 unspecified atom stereocenters. The van der Waals surface area contributed by atoms with Crippen molar-refractivity contribution in [3.63, 3.8) is 0 Å². The summed E-state index contributed by atoms with van der Waals surface area (Å²) in [7, 11) is 0. The Kier molecular flexibility index (Phi) is 6.67. The summed E-state index contributed by atoms with van der Waals surface area (Å²) in [5.74, 6) is 0.429. The van der Waals surface area contributed by atoms with Crippen LogP contribution in [0.15, 0.2) is 48.5 Å². The summed E-state index contributed by atoms with van der Waals surface area (Å²) >= 11 is 0. The number of anilines is 1. The second kappa shape index (κ2) is 8.25. The number of hydrogen-bond donors (Lipinski definition) is 1. The lowest BCUT2D eigenvalue weighted by atomic mass is 10.0. The fourth-order valence-electron chi connectivity index (χ4n) is 1.97. The Labute approximate surface area is 128 Å². The van der Waals surface area contributed by atoms with Crippen molar-refractivity contribution >= 4 is 11.6 Å². The Morgan fingerprint density at radius 2 is 1.62 bits per heavy atom. The zero-order valence-electron chi connectivity index (χ0n) is 13.6. The fourth-order valence-corrected chi connectivity index (χ4v) is 1.97. The van der Waals surface area contributed by atoms with Crippen LogP contribution in [0.2, 0.25) is 0 Å². The van der Waals surface area contributed by atoms with E-state index in [9.17, 15) is 4.79 Å². The lowest BCUT2D eigenvalue weighted by Crippen LogP contribution is -2.12. The lowest BCUT2D eigenvalue weighted by Gasteiger charge is -2.12. The van der Waals surface area contributed by atoms with Gasteiger partial charge in [0.1, 0.15) is 0 Å². The summed E-state index contributed by atoms with van der Waals surface area (Å²) in [6.07, 6.45) is 0. The minimum atomic E-state index is -0.0685. The average Bonchev–Trinajstić information content (AvgIpc) is 2.52. The maximum atomic E-state index is 12.1. The van der Waals surface area contributed by atoms with E-state index < -0.39 is 0 Å². The topological polar surface area (TPSA) is 29.1 Å². The molecular formula is C19H25NO. The van der Waals surface area contributed by atoms with Crippen molar-refractivity contribution in [3.05, 3.63) is 65.2 Å². The number of carbonyl (C=O) groups excluding carboxylic acids is 1. The van der Waals surface area contributed by atoms with Gasteiger partial charge in [-0.05, 0) is 42.2 Å². The van der Waals surface area contributed by atoms with Gasteiger partial charge in [-0.1, -0.05) is 58.0 Å². The molecule has 2 heteroatoms. The van der Waals surface area contributed by atoms with E-state index in [4.69, 9.17) is 0 Å². The third kappa shape index (κ3) is 4.75. The quantitative estimate of drug-likeness (QED) is 0.803. The molecule has 0 aromatic heterocycles. The molecule has 0 aliphatic carbocycles. The van der Waals surface area contributed by atoms with Crippen molar-refractivity contribution in [2.24, 2.45) is 0 Å². The van der Waals surface area contributed by atoms with Crippen LogP contribution in [-0.2, 0) is 0 Å². The normalized spacial score (nSPS) is 9.81. The van der Waals surface area contributed by atoms with Crippen LogP contribution in [0, 0.1) is 6.92 Å². The third-order valence-electron chi connectivity index (χ3n) is 3.20. The summed E-state index contributed by atoms with van der Waals surface area (Å²) < 4.78 is 0. The molecule has 2 aromatic carbocycles. The number of nitrogens with one attached hydrogen (secondary N) is 1. The average molecular weight is 283 g/mol. The van der Waals surface area contributed by atoms with Crippen LogP contribution < -0.4 is 5.32 Å². The SMILES string of the molecule is CC.Cc1cc(C(C)C)ccc1NC(=O)c1ccccc1. The van der Waals surface area contributed by atoms with Crippen LogP contribution in [0.1, 0.15) is 55.1 Å². The Hall–Kier alpha value is -2.09. The van der Waals surface area contributed by atoms with Gasteiger partial charge in [-0.3, -0.25) is 4.79 Å². The highest BCUT2D eigenvalue weighted by Crippen LogP contribution is 2.22. The minimum Gasteiger partial charge on any atom is -0.322 e. The van der Waals surface area contributed by atoms with Crippen molar-refractivity contribution in [2.75, 3.05) is 5.32 Å². The van der Waals surface area contributed by atoms with E-state index in [1.54, 1.807) is 0 Å². The standard InChI is InChI=1S/C17H19NO.C2H6/c1-12(2)15-9-10-16(13(3)11-15)18-17(19)14-7-5-4-6-8-14;1-2/h4-12H,1-3H3,(H,18,19);1-2H3. The Bertz CT molecular complexity index is 573. The van der Waals surface area contributed by atoms with E-state index in [1.807, 2.05) is 57.2 Å². The molecule has 0 aliphatic rings. The lowest BCUT2D eigenvalue weighted by molar-refractivity contribution is 0.102. The second-order valence-corrected chi connectivity index (χ2v) is 5.05. The van der Waals surface area contributed by atoms with Gasteiger partial charge in [-0.2, -0.15) is 0 Å². The number of amides is 1. The monoisotopic (exact) mass is 283 g/mol. The summed E-state index contributed by atoms with van der Waals surface area (Å²) in [5, 5.41) is 2.95. The highest BCUT2D eigenvalue weighted by molar-refractivity contribution is 6.04. The van der Waals surface area contributed by atoms with E-state index >= 15 is 0 Å². The highest BCUT2D eigenvalue weighted by Gasteiger charge is 2.08. The maximum absolute atomic E-state index is 12.1. The Balaban J connectivity index is 0.00000106. The predicted octanol–water partition coefficient (Wildman–Crippen LogP) is 5.40. The maximum Gasteiger partial charge on any atom is 0.255 e. The summed E-state index contributed by atoms with van der Waals surface area (Å²) in [4.78, 5) is 12.1. The predicted molar refractivity (Wildman–Crippen MR) is 91.0 cm³/mol. The van der Waals surface area contributed by atoms with Crippen LogP contribution in [0.4, 0.5) is 5.69 Å². The van der Waals surface area contributed by atoms with Gasteiger partial charge >= 0.3 is 0 Å². The second-order valence-electron chi connectivity index (χ2n) is 5.05. The Morgan fingerprint density at radius 3 is 2.14 bits per heavy atom. The van der Waals surface area contributed by atoms with Crippen LogP contribution in [-0.4, -0.2) is 5.91 Å². The first-order chi connectivity index (χ1) is 10.1. The van der Waals surface area contributed by atoms with Gasteiger partial charge in [0.25, 0.3) is 5.91 Å². The molecule has 2 nitrogen and oxygen atoms in total. The highest BCUT2D eigenvalue weighted by atomic mass is 16.1. The molecule has 112 valence electrons. The number of rotatable bonds is 3. The first-order valence-electron chi connectivity index (χ1n) is 7.55. The van der Waals surface area contributed by atoms with Crippen molar-refractivity contribution in [1.82, 2.24) is 0 Å². The van der Waals surface area contributed by atoms with Crippen LogP contribution in [0.3, 0.4) is 0 Å².